The van der Waals surface area contributed by atoms with Crippen LogP contribution in [0.3, 0.4) is 0 Å². The van der Waals surface area contributed by atoms with E-state index >= 15 is 0 Å². The standard InChI is InChI=1S/C24H32O3/c1-13-10-14-11-15(25)4-7-22(14,2)17-5-8-23(3)21(20(13)17)16-12-18(16)24(23)9-6-19(26)27-24/h11,13,16-18,20-21H,4-10,12H2,1-3H3/t13?,16?,17?,18?,20?,21?,22?,23?,24-/m0/s1. The zero-order valence-electron chi connectivity index (χ0n) is 16.9. The van der Waals surface area contributed by atoms with Crippen molar-refractivity contribution < 1.29 is 14.3 Å². The van der Waals surface area contributed by atoms with Gasteiger partial charge >= 0.3 is 5.97 Å². The Hall–Kier alpha value is -1.12. The Labute approximate surface area is 162 Å². The van der Waals surface area contributed by atoms with Gasteiger partial charge in [0.15, 0.2) is 5.78 Å². The lowest BCUT2D eigenvalue weighted by molar-refractivity contribution is -0.179. The van der Waals surface area contributed by atoms with Gasteiger partial charge in [-0.1, -0.05) is 26.3 Å². The van der Waals surface area contributed by atoms with Gasteiger partial charge in [0.1, 0.15) is 5.60 Å². The first kappa shape index (κ1) is 16.8. The fourth-order valence-corrected chi connectivity index (χ4v) is 9.24. The van der Waals surface area contributed by atoms with Gasteiger partial charge in [0.25, 0.3) is 0 Å². The molecule has 0 aromatic heterocycles. The summed E-state index contributed by atoms with van der Waals surface area (Å²) in [6.07, 6.45) is 10.2. The van der Waals surface area contributed by atoms with E-state index in [-0.39, 0.29) is 22.4 Å². The topological polar surface area (TPSA) is 43.4 Å². The van der Waals surface area contributed by atoms with Crippen molar-refractivity contribution in [3.63, 3.8) is 0 Å². The van der Waals surface area contributed by atoms with Crippen LogP contribution >= 0.6 is 0 Å². The van der Waals surface area contributed by atoms with Crippen LogP contribution in [-0.2, 0) is 14.3 Å². The average Bonchev–Trinajstić information content (AvgIpc) is 3.26. The summed E-state index contributed by atoms with van der Waals surface area (Å²) in [5, 5.41) is 0. The highest BCUT2D eigenvalue weighted by Crippen LogP contribution is 2.79. The van der Waals surface area contributed by atoms with Gasteiger partial charge in [-0.25, -0.2) is 0 Å². The van der Waals surface area contributed by atoms with Crippen LogP contribution in [0.15, 0.2) is 11.6 Å². The van der Waals surface area contributed by atoms with Crippen LogP contribution in [0.5, 0.6) is 0 Å². The third kappa shape index (κ3) is 1.81. The van der Waals surface area contributed by atoms with E-state index in [1.54, 1.807) is 0 Å². The molecule has 0 bridgehead atoms. The van der Waals surface area contributed by atoms with E-state index < -0.39 is 0 Å². The number of esters is 1. The van der Waals surface area contributed by atoms with Crippen LogP contribution < -0.4 is 0 Å². The second kappa shape index (κ2) is 4.89. The van der Waals surface area contributed by atoms with Gasteiger partial charge in [0.2, 0.25) is 0 Å². The Balaban J connectivity index is 1.43. The number of ether oxygens (including phenoxy) is 1. The minimum atomic E-state index is -0.149. The summed E-state index contributed by atoms with van der Waals surface area (Å²) in [4.78, 5) is 24.2. The predicted molar refractivity (Wildman–Crippen MR) is 102 cm³/mol. The zero-order valence-corrected chi connectivity index (χ0v) is 16.9. The smallest absolute Gasteiger partial charge is 0.306 e. The molecule has 6 aliphatic rings. The van der Waals surface area contributed by atoms with Crippen LogP contribution in [0, 0.1) is 46.3 Å². The van der Waals surface area contributed by atoms with E-state index in [4.69, 9.17) is 4.74 Å². The van der Waals surface area contributed by atoms with Crippen molar-refractivity contribution in [2.24, 2.45) is 46.3 Å². The van der Waals surface area contributed by atoms with Crippen molar-refractivity contribution in [3.05, 3.63) is 11.6 Å². The summed E-state index contributed by atoms with van der Waals surface area (Å²) in [5.74, 6) is 4.56. The summed E-state index contributed by atoms with van der Waals surface area (Å²) in [6, 6.07) is 0. The molecule has 0 aromatic rings. The number of hydrogen-bond acceptors (Lipinski definition) is 3. The van der Waals surface area contributed by atoms with Gasteiger partial charge in [0.05, 0.1) is 0 Å². The summed E-state index contributed by atoms with van der Waals surface area (Å²) >= 11 is 0. The van der Waals surface area contributed by atoms with Crippen LogP contribution in [0.25, 0.3) is 0 Å². The molecule has 0 aromatic carbocycles. The van der Waals surface area contributed by atoms with Crippen molar-refractivity contribution >= 4 is 11.8 Å². The van der Waals surface area contributed by atoms with E-state index in [2.05, 4.69) is 20.8 Å². The van der Waals surface area contributed by atoms with Crippen molar-refractivity contribution in [2.45, 2.75) is 77.7 Å². The molecule has 3 nitrogen and oxygen atoms in total. The number of ketones is 1. The quantitative estimate of drug-likeness (QED) is 0.582. The third-order valence-electron chi connectivity index (χ3n) is 10.4. The van der Waals surface area contributed by atoms with Gasteiger partial charge in [-0.2, -0.15) is 0 Å². The minimum absolute atomic E-state index is 0.0457. The number of rotatable bonds is 0. The van der Waals surface area contributed by atoms with E-state index in [1.165, 1.54) is 24.8 Å². The number of allylic oxidation sites excluding steroid dienone is 1. The fraction of sp³-hybridized carbons (Fsp3) is 0.833. The van der Waals surface area contributed by atoms with Crippen LogP contribution in [0.1, 0.15) is 72.1 Å². The predicted octanol–water partition coefficient (Wildman–Crippen LogP) is 4.70. The first-order chi connectivity index (χ1) is 12.8. The Kier molecular flexibility index (Phi) is 3.04. The third-order valence-corrected chi connectivity index (χ3v) is 10.4. The van der Waals surface area contributed by atoms with E-state index in [1.807, 2.05) is 6.08 Å². The largest absolute Gasteiger partial charge is 0.458 e. The monoisotopic (exact) mass is 368 g/mol. The van der Waals surface area contributed by atoms with Gasteiger partial charge < -0.3 is 4.74 Å². The van der Waals surface area contributed by atoms with Crippen molar-refractivity contribution in [3.8, 4) is 0 Å². The first-order valence-electron chi connectivity index (χ1n) is 11.3. The maximum absolute atomic E-state index is 12.1. The van der Waals surface area contributed by atoms with Crippen LogP contribution in [0.4, 0.5) is 0 Å². The highest BCUT2D eigenvalue weighted by atomic mass is 16.6. The van der Waals surface area contributed by atoms with Gasteiger partial charge in [-0.15, -0.1) is 0 Å². The van der Waals surface area contributed by atoms with Gasteiger partial charge in [0, 0.05) is 24.2 Å². The highest BCUT2D eigenvalue weighted by molar-refractivity contribution is 5.91. The molecule has 6 rings (SSSR count). The normalized spacial score (nSPS) is 58.1. The summed E-state index contributed by atoms with van der Waals surface area (Å²) in [5.41, 5.74) is 1.69. The first-order valence-corrected chi connectivity index (χ1v) is 11.3. The summed E-state index contributed by atoms with van der Waals surface area (Å²) < 4.78 is 6.20. The van der Waals surface area contributed by atoms with E-state index in [0.29, 0.717) is 35.9 Å². The lowest BCUT2D eigenvalue weighted by atomic mass is 9.43. The molecule has 1 heterocycles. The van der Waals surface area contributed by atoms with Crippen molar-refractivity contribution in [1.29, 1.82) is 0 Å². The molecule has 8 unspecified atom stereocenters. The SMILES string of the molecule is CC1CC2=CC(=O)CCC2(C)C2CCC3(C)C(C4CC4[C@@]34CCC(=O)O4)C12. The maximum Gasteiger partial charge on any atom is 0.306 e. The molecule has 146 valence electrons. The van der Waals surface area contributed by atoms with Gasteiger partial charge in [-0.05, 0) is 79.6 Å². The van der Waals surface area contributed by atoms with E-state index in [9.17, 15) is 9.59 Å². The molecular weight excluding hydrogens is 336 g/mol. The highest BCUT2D eigenvalue weighted by Gasteiger charge is 2.79. The summed E-state index contributed by atoms with van der Waals surface area (Å²) in [7, 11) is 0. The molecule has 1 spiro atoms. The molecule has 9 atom stereocenters. The van der Waals surface area contributed by atoms with E-state index in [0.717, 1.165) is 37.5 Å². The molecule has 3 heteroatoms. The molecule has 1 saturated heterocycles. The van der Waals surface area contributed by atoms with Crippen molar-refractivity contribution in [1.82, 2.24) is 0 Å². The number of fused-ring (bicyclic) bond motifs is 9. The Morgan fingerprint density at radius 3 is 2.63 bits per heavy atom. The maximum atomic E-state index is 12.1. The molecular formula is C24H32O3. The molecule has 27 heavy (non-hydrogen) atoms. The molecule has 0 N–H and O–H groups in total. The minimum Gasteiger partial charge on any atom is -0.458 e. The molecule has 5 aliphatic carbocycles. The lowest BCUT2D eigenvalue weighted by Gasteiger charge is -2.62. The molecule has 0 radical (unpaired) electrons. The zero-order chi connectivity index (χ0) is 18.8. The number of carbonyl (C=O) groups excluding carboxylic acids is 2. The second-order valence-electron chi connectivity index (χ2n) is 11.3. The molecule has 4 saturated carbocycles. The average molecular weight is 369 g/mol. The molecule has 5 fully saturated rings. The molecule has 0 amide bonds. The Bertz CT molecular complexity index is 782. The number of hydrogen-bond donors (Lipinski definition) is 0. The van der Waals surface area contributed by atoms with Crippen LogP contribution in [0.2, 0.25) is 0 Å². The second-order valence-corrected chi connectivity index (χ2v) is 11.3. The Morgan fingerprint density at radius 1 is 1.07 bits per heavy atom. The summed E-state index contributed by atoms with van der Waals surface area (Å²) in [6.45, 7) is 7.37. The molecule has 1 aliphatic heterocycles. The fourth-order valence-electron chi connectivity index (χ4n) is 9.24. The van der Waals surface area contributed by atoms with Gasteiger partial charge in [-0.3, -0.25) is 9.59 Å². The van der Waals surface area contributed by atoms with Crippen molar-refractivity contribution in [2.75, 3.05) is 0 Å². The number of carbonyl (C=O) groups is 2. The Morgan fingerprint density at radius 2 is 1.89 bits per heavy atom. The van der Waals surface area contributed by atoms with Crippen LogP contribution in [-0.4, -0.2) is 17.4 Å². The lowest BCUT2D eigenvalue weighted by Crippen LogP contribution is -2.58.